The van der Waals surface area contributed by atoms with Crippen LogP contribution in [0.4, 0.5) is 4.39 Å². The zero-order valence-electron chi connectivity index (χ0n) is 17.3. The van der Waals surface area contributed by atoms with Gasteiger partial charge in [-0.1, -0.05) is 29.1 Å². The molecule has 1 fully saturated rings. The molecule has 0 amide bonds. The van der Waals surface area contributed by atoms with Crippen molar-refractivity contribution in [1.29, 1.82) is 0 Å². The second kappa shape index (κ2) is 9.94. The third-order valence-corrected chi connectivity index (χ3v) is 6.85. The second-order valence-electron chi connectivity index (χ2n) is 7.41. The summed E-state index contributed by atoms with van der Waals surface area (Å²) in [5.74, 6) is -0.336. The van der Waals surface area contributed by atoms with E-state index in [4.69, 9.17) is 9.47 Å². The van der Waals surface area contributed by atoms with Crippen LogP contribution >= 0.6 is 27.7 Å². The number of aliphatic hydroxyl groups excluding tert-OH is 2. The van der Waals surface area contributed by atoms with Crippen molar-refractivity contribution in [2.24, 2.45) is 0 Å². The van der Waals surface area contributed by atoms with Gasteiger partial charge in [0.25, 0.3) is 0 Å². The first-order valence-corrected chi connectivity index (χ1v) is 11.5. The van der Waals surface area contributed by atoms with E-state index in [0.29, 0.717) is 16.8 Å². The molecular formula is C21H22BrFN4O4S. The fraction of sp³-hybridized carbons (Fsp3) is 0.381. The zero-order chi connectivity index (χ0) is 22.8. The van der Waals surface area contributed by atoms with E-state index in [9.17, 15) is 14.6 Å². The topological polar surface area (TPSA) is 103 Å². The highest BCUT2D eigenvalue weighted by atomic mass is 79.9. The third kappa shape index (κ3) is 4.73. The van der Waals surface area contributed by atoms with Crippen molar-refractivity contribution in [1.82, 2.24) is 20.0 Å². The van der Waals surface area contributed by atoms with Crippen LogP contribution in [0.2, 0.25) is 0 Å². The van der Waals surface area contributed by atoms with Crippen LogP contribution in [0, 0.1) is 12.7 Å². The van der Waals surface area contributed by atoms with Gasteiger partial charge in [0, 0.05) is 34.4 Å². The maximum absolute atomic E-state index is 14.0. The summed E-state index contributed by atoms with van der Waals surface area (Å²) in [6.45, 7) is 1.30. The minimum atomic E-state index is -1.10. The Kier molecular flexibility index (Phi) is 7.23. The molecule has 1 aliphatic heterocycles. The molecule has 2 aromatic heterocycles. The molecule has 5 atom stereocenters. The summed E-state index contributed by atoms with van der Waals surface area (Å²) in [6.07, 6.45) is 2.42. The number of aliphatic hydroxyl groups is 2. The number of rotatable bonds is 6. The van der Waals surface area contributed by atoms with Crippen LogP contribution in [0.5, 0.6) is 0 Å². The van der Waals surface area contributed by atoms with E-state index in [1.165, 1.54) is 29.6 Å². The molecule has 8 nitrogen and oxygen atoms in total. The lowest BCUT2D eigenvalue weighted by atomic mass is 9.97. The molecule has 1 aliphatic rings. The number of benzene rings is 1. The number of hydrogen-bond acceptors (Lipinski definition) is 8. The van der Waals surface area contributed by atoms with Gasteiger partial charge in [-0.2, -0.15) is 0 Å². The Morgan fingerprint density at radius 2 is 2.12 bits per heavy atom. The van der Waals surface area contributed by atoms with Crippen LogP contribution in [-0.4, -0.2) is 67.7 Å². The van der Waals surface area contributed by atoms with Crippen LogP contribution in [0.25, 0.3) is 11.3 Å². The molecule has 4 rings (SSSR count). The number of hydrogen-bond donors (Lipinski definition) is 2. The van der Waals surface area contributed by atoms with Gasteiger partial charge < -0.3 is 19.7 Å². The number of aryl methyl sites for hydroxylation is 1. The molecule has 0 spiro atoms. The summed E-state index contributed by atoms with van der Waals surface area (Å²) in [6, 6.07) is 6.02. The van der Waals surface area contributed by atoms with Crippen molar-refractivity contribution >= 4 is 27.7 Å². The highest BCUT2D eigenvalue weighted by Crippen LogP contribution is 2.39. The van der Waals surface area contributed by atoms with Gasteiger partial charge in [0.15, 0.2) is 0 Å². The maximum atomic E-state index is 14.0. The maximum Gasteiger partial charge on any atom is 0.136 e. The first-order chi connectivity index (χ1) is 15.4. The lowest BCUT2D eigenvalue weighted by molar-refractivity contribution is -0.186. The average molecular weight is 525 g/mol. The molecule has 2 N–H and O–H groups in total. The number of aromatic nitrogens is 4. The fourth-order valence-corrected chi connectivity index (χ4v) is 5.31. The molecule has 170 valence electrons. The number of nitrogens with zero attached hydrogens (tertiary/aromatic N) is 4. The lowest BCUT2D eigenvalue weighted by Gasteiger charge is -2.43. The van der Waals surface area contributed by atoms with Crippen LogP contribution in [0.15, 0.2) is 52.2 Å². The summed E-state index contributed by atoms with van der Waals surface area (Å²) >= 11 is 4.76. The molecule has 0 radical (unpaired) electrons. The summed E-state index contributed by atoms with van der Waals surface area (Å²) < 4.78 is 28.0. The molecule has 0 bridgehead atoms. The molecule has 11 heteroatoms. The Bertz CT molecular complexity index is 1090. The Morgan fingerprint density at radius 1 is 1.31 bits per heavy atom. The third-order valence-electron chi connectivity index (χ3n) is 5.31. The van der Waals surface area contributed by atoms with Crippen molar-refractivity contribution in [3.05, 3.63) is 58.7 Å². The van der Waals surface area contributed by atoms with Crippen LogP contribution in [0.3, 0.4) is 0 Å². The molecule has 0 unspecified atom stereocenters. The molecule has 1 saturated heterocycles. The predicted molar refractivity (Wildman–Crippen MR) is 120 cm³/mol. The minimum absolute atomic E-state index is 0.336. The van der Waals surface area contributed by atoms with Gasteiger partial charge in [0.1, 0.15) is 41.3 Å². The van der Waals surface area contributed by atoms with Crippen molar-refractivity contribution in [3.8, 4) is 11.3 Å². The van der Waals surface area contributed by atoms with Crippen molar-refractivity contribution in [3.63, 3.8) is 0 Å². The SMILES string of the molecule is CO[C@@H]1[C@@H](n2cc(-c3ccc(C)c(F)c3)nn2)[C@@H](O)[C@@H](CO)O[C@@H]1Sc1cncc(Br)c1. The number of methoxy groups -OCH3 is 1. The normalized spacial score (nSPS) is 25.8. The van der Waals surface area contributed by atoms with Crippen LogP contribution in [0.1, 0.15) is 11.6 Å². The smallest absolute Gasteiger partial charge is 0.136 e. The average Bonchev–Trinajstić information content (AvgIpc) is 3.26. The number of halogens is 2. The van der Waals surface area contributed by atoms with Gasteiger partial charge in [-0.05, 0) is 40.5 Å². The summed E-state index contributed by atoms with van der Waals surface area (Å²) in [5, 5.41) is 29.1. The molecule has 1 aromatic carbocycles. The van der Waals surface area contributed by atoms with Crippen molar-refractivity contribution in [2.45, 2.75) is 41.6 Å². The van der Waals surface area contributed by atoms with Gasteiger partial charge in [-0.25, -0.2) is 9.07 Å². The predicted octanol–water partition coefficient (Wildman–Crippen LogP) is 2.98. The van der Waals surface area contributed by atoms with E-state index in [0.717, 1.165) is 9.37 Å². The van der Waals surface area contributed by atoms with E-state index in [1.807, 2.05) is 6.07 Å². The highest BCUT2D eigenvalue weighted by molar-refractivity contribution is 9.10. The van der Waals surface area contributed by atoms with E-state index >= 15 is 0 Å². The van der Waals surface area contributed by atoms with Gasteiger partial charge in [0.2, 0.25) is 0 Å². The fourth-order valence-electron chi connectivity index (χ4n) is 3.61. The first kappa shape index (κ1) is 23.3. The summed E-state index contributed by atoms with van der Waals surface area (Å²) in [4.78, 5) is 4.99. The highest BCUT2D eigenvalue weighted by Gasteiger charge is 2.47. The quantitative estimate of drug-likeness (QED) is 0.507. The molecule has 3 aromatic rings. The Balaban J connectivity index is 1.66. The zero-order valence-corrected chi connectivity index (χ0v) is 19.7. The van der Waals surface area contributed by atoms with E-state index in [1.54, 1.807) is 37.6 Å². The Labute approximate surface area is 196 Å². The number of ether oxygens (including phenoxy) is 2. The van der Waals surface area contributed by atoms with Crippen LogP contribution < -0.4 is 0 Å². The largest absolute Gasteiger partial charge is 0.394 e. The first-order valence-electron chi connectivity index (χ1n) is 9.84. The van der Waals surface area contributed by atoms with Crippen LogP contribution in [-0.2, 0) is 9.47 Å². The Hall–Kier alpha value is -1.89. The molecule has 0 aliphatic carbocycles. The standard InChI is InChI=1S/C21H22BrFN4O4S/c1-11-3-4-12(5-15(11)23)16-9-27(26-25-16)18-19(29)17(10-28)31-21(20(18)30-2)32-14-6-13(22)7-24-8-14/h3-9,17-21,28-29H,10H2,1-2H3/t17-,18+,19+,20-,21-/m1/s1. The Morgan fingerprint density at radius 3 is 2.81 bits per heavy atom. The summed E-state index contributed by atoms with van der Waals surface area (Å²) in [5.41, 5.74) is 0.998. The number of pyridine rings is 1. The van der Waals surface area contributed by atoms with Gasteiger partial charge in [-0.15, -0.1) is 5.10 Å². The summed E-state index contributed by atoms with van der Waals surface area (Å²) in [7, 11) is 1.52. The van der Waals surface area contributed by atoms with Crippen molar-refractivity contribution < 1.29 is 24.1 Å². The second-order valence-corrected chi connectivity index (χ2v) is 9.50. The molecular weight excluding hydrogens is 503 g/mol. The van der Waals surface area contributed by atoms with E-state index < -0.39 is 29.8 Å². The van der Waals surface area contributed by atoms with Gasteiger partial charge in [-0.3, -0.25) is 4.98 Å². The molecule has 0 saturated carbocycles. The van der Waals surface area contributed by atoms with Crippen molar-refractivity contribution in [2.75, 3.05) is 13.7 Å². The van der Waals surface area contributed by atoms with E-state index in [-0.39, 0.29) is 12.4 Å². The van der Waals surface area contributed by atoms with Gasteiger partial charge in [0.05, 0.1) is 12.8 Å². The lowest BCUT2D eigenvalue weighted by Crippen LogP contribution is -2.55. The minimum Gasteiger partial charge on any atom is -0.394 e. The molecule has 3 heterocycles. The number of thioether (sulfide) groups is 1. The molecule has 32 heavy (non-hydrogen) atoms. The van der Waals surface area contributed by atoms with Gasteiger partial charge >= 0.3 is 0 Å². The monoisotopic (exact) mass is 524 g/mol. The van der Waals surface area contributed by atoms with E-state index in [2.05, 4.69) is 31.2 Å².